The maximum Gasteiger partial charge on any atom is 0.411 e. The van der Waals surface area contributed by atoms with E-state index in [9.17, 15) is 9.59 Å². The fraction of sp³-hybridized carbons (Fsp3) is 0.0476. The first kappa shape index (κ1) is 18.0. The number of amides is 2. The molecular formula is C21H18N2O4. The summed E-state index contributed by atoms with van der Waals surface area (Å²) in [6.45, 7) is 0. The lowest BCUT2D eigenvalue weighted by molar-refractivity contribution is 0.102. The highest BCUT2D eigenvalue weighted by Crippen LogP contribution is 2.29. The van der Waals surface area contributed by atoms with Crippen molar-refractivity contribution in [2.24, 2.45) is 0 Å². The van der Waals surface area contributed by atoms with Crippen molar-refractivity contribution in [1.29, 1.82) is 0 Å². The molecule has 6 heteroatoms. The summed E-state index contributed by atoms with van der Waals surface area (Å²) in [7, 11) is 1.27. The third-order valence-electron chi connectivity index (χ3n) is 3.66. The van der Waals surface area contributed by atoms with Crippen molar-refractivity contribution in [2.75, 3.05) is 17.7 Å². The Morgan fingerprint density at radius 2 is 1.56 bits per heavy atom. The molecule has 0 fully saturated rings. The van der Waals surface area contributed by atoms with Crippen LogP contribution in [0.2, 0.25) is 0 Å². The zero-order valence-corrected chi connectivity index (χ0v) is 14.6. The highest BCUT2D eigenvalue weighted by Gasteiger charge is 2.11. The van der Waals surface area contributed by atoms with Crippen molar-refractivity contribution in [2.45, 2.75) is 0 Å². The summed E-state index contributed by atoms with van der Waals surface area (Å²) in [5.74, 6) is 0.872. The van der Waals surface area contributed by atoms with Gasteiger partial charge in [0.1, 0.15) is 5.75 Å². The van der Waals surface area contributed by atoms with Crippen LogP contribution in [0.3, 0.4) is 0 Å². The van der Waals surface area contributed by atoms with E-state index in [0.717, 1.165) is 0 Å². The van der Waals surface area contributed by atoms with E-state index in [1.807, 2.05) is 42.5 Å². The quantitative estimate of drug-likeness (QED) is 0.676. The zero-order valence-electron chi connectivity index (χ0n) is 14.6. The van der Waals surface area contributed by atoms with Gasteiger partial charge in [0.25, 0.3) is 5.91 Å². The number of benzene rings is 3. The summed E-state index contributed by atoms with van der Waals surface area (Å²) in [4.78, 5) is 23.9. The predicted octanol–water partition coefficient (Wildman–Crippen LogP) is 4.91. The SMILES string of the molecule is COC(=O)Nc1cccc(C(=O)Nc2ccccc2Oc2ccccc2)c1. The standard InChI is InChI=1S/C21H18N2O4/c1-26-21(25)22-16-9-7-8-15(14-16)20(24)23-18-12-5-6-13-19(18)27-17-10-3-2-4-11-17/h2-14H,1H3,(H,22,25)(H,23,24). The van der Waals surface area contributed by atoms with E-state index in [2.05, 4.69) is 15.4 Å². The summed E-state index contributed by atoms with van der Waals surface area (Å²) in [5.41, 5.74) is 1.39. The van der Waals surface area contributed by atoms with E-state index in [4.69, 9.17) is 4.74 Å². The summed E-state index contributed by atoms with van der Waals surface area (Å²) < 4.78 is 10.4. The number of carbonyl (C=O) groups excluding carboxylic acids is 2. The number of rotatable bonds is 5. The molecule has 0 saturated heterocycles. The molecule has 27 heavy (non-hydrogen) atoms. The molecule has 0 heterocycles. The fourth-order valence-electron chi connectivity index (χ4n) is 2.38. The number of nitrogens with one attached hydrogen (secondary N) is 2. The zero-order chi connectivity index (χ0) is 19.1. The number of anilines is 2. The number of hydrogen-bond acceptors (Lipinski definition) is 4. The molecule has 0 saturated carbocycles. The molecular weight excluding hydrogens is 344 g/mol. The highest BCUT2D eigenvalue weighted by molar-refractivity contribution is 6.05. The Morgan fingerprint density at radius 3 is 2.33 bits per heavy atom. The number of methoxy groups -OCH3 is 1. The Bertz CT molecular complexity index is 942. The maximum absolute atomic E-state index is 12.6. The Kier molecular flexibility index (Phi) is 5.69. The second-order valence-electron chi connectivity index (χ2n) is 5.56. The topological polar surface area (TPSA) is 76.7 Å². The highest BCUT2D eigenvalue weighted by atomic mass is 16.5. The van der Waals surface area contributed by atoms with Gasteiger partial charge in [0.15, 0.2) is 5.75 Å². The van der Waals surface area contributed by atoms with Crippen LogP contribution < -0.4 is 15.4 Å². The van der Waals surface area contributed by atoms with Crippen molar-refractivity contribution < 1.29 is 19.1 Å². The molecule has 0 aliphatic rings. The van der Waals surface area contributed by atoms with Crippen molar-refractivity contribution >= 4 is 23.4 Å². The molecule has 0 radical (unpaired) electrons. The molecule has 3 aromatic carbocycles. The summed E-state index contributed by atoms with van der Waals surface area (Å²) in [6.07, 6.45) is -0.603. The molecule has 0 aliphatic heterocycles. The number of hydrogen-bond donors (Lipinski definition) is 2. The van der Waals surface area contributed by atoms with Crippen LogP contribution in [-0.4, -0.2) is 19.1 Å². The van der Waals surface area contributed by atoms with Crippen molar-refractivity contribution in [3.05, 3.63) is 84.4 Å². The van der Waals surface area contributed by atoms with E-state index < -0.39 is 6.09 Å². The monoisotopic (exact) mass is 362 g/mol. The lowest BCUT2D eigenvalue weighted by Crippen LogP contribution is -2.14. The smallest absolute Gasteiger partial charge is 0.411 e. The van der Waals surface area contributed by atoms with Gasteiger partial charge in [0.05, 0.1) is 12.8 Å². The van der Waals surface area contributed by atoms with Gasteiger partial charge in [-0.05, 0) is 42.5 Å². The predicted molar refractivity (Wildman–Crippen MR) is 103 cm³/mol. The molecule has 3 rings (SSSR count). The molecule has 0 unspecified atom stereocenters. The third-order valence-corrected chi connectivity index (χ3v) is 3.66. The molecule has 0 atom stereocenters. The number of carbonyl (C=O) groups is 2. The van der Waals surface area contributed by atoms with E-state index in [-0.39, 0.29) is 5.91 Å². The van der Waals surface area contributed by atoms with Gasteiger partial charge in [0, 0.05) is 11.3 Å². The lowest BCUT2D eigenvalue weighted by Gasteiger charge is -2.12. The van der Waals surface area contributed by atoms with Gasteiger partial charge in [-0.1, -0.05) is 36.4 Å². The largest absolute Gasteiger partial charge is 0.455 e. The molecule has 0 bridgehead atoms. The van der Waals surface area contributed by atoms with E-state index in [1.54, 1.807) is 36.4 Å². The maximum atomic E-state index is 12.6. The average molecular weight is 362 g/mol. The lowest BCUT2D eigenvalue weighted by atomic mass is 10.2. The first-order chi connectivity index (χ1) is 13.2. The van der Waals surface area contributed by atoms with E-state index in [0.29, 0.717) is 28.4 Å². The van der Waals surface area contributed by atoms with Gasteiger partial charge >= 0.3 is 6.09 Å². The second kappa shape index (κ2) is 8.53. The Balaban J connectivity index is 1.77. The third kappa shape index (κ3) is 4.85. The van der Waals surface area contributed by atoms with Crippen molar-refractivity contribution in [3.8, 4) is 11.5 Å². The van der Waals surface area contributed by atoms with Gasteiger partial charge in [0.2, 0.25) is 0 Å². The Labute approximate surface area is 156 Å². The summed E-state index contributed by atoms with van der Waals surface area (Å²) in [5, 5.41) is 5.36. The van der Waals surface area contributed by atoms with Gasteiger partial charge in [-0.15, -0.1) is 0 Å². The van der Waals surface area contributed by atoms with Crippen LogP contribution in [-0.2, 0) is 4.74 Å². The summed E-state index contributed by atoms with van der Waals surface area (Å²) in [6, 6.07) is 23.0. The van der Waals surface area contributed by atoms with Gasteiger partial charge in [-0.2, -0.15) is 0 Å². The molecule has 6 nitrogen and oxygen atoms in total. The normalized spacial score (nSPS) is 9.96. The summed E-state index contributed by atoms with van der Waals surface area (Å²) >= 11 is 0. The molecule has 3 aromatic rings. The van der Waals surface area contributed by atoms with Crippen LogP contribution in [0.5, 0.6) is 11.5 Å². The fourth-order valence-corrected chi connectivity index (χ4v) is 2.38. The van der Waals surface area contributed by atoms with Gasteiger partial charge in [-0.25, -0.2) is 4.79 Å². The Hall–Kier alpha value is -3.80. The molecule has 2 N–H and O–H groups in total. The Morgan fingerprint density at radius 1 is 0.815 bits per heavy atom. The average Bonchev–Trinajstić information content (AvgIpc) is 2.70. The first-order valence-corrected chi connectivity index (χ1v) is 8.24. The minimum atomic E-state index is -0.603. The molecule has 0 aromatic heterocycles. The van der Waals surface area contributed by atoms with Gasteiger partial charge in [-0.3, -0.25) is 10.1 Å². The number of para-hydroxylation sites is 3. The van der Waals surface area contributed by atoms with E-state index in [1.165, 1.54) is 7.11 Å². The first-order valence-electron chi connectivity index (χ1n) is 8.24. The molecule has 0 spiro atoms. The molecule has 136 valence electrons. The van der Waals surface area contributed by atoms with Crippen LogP contribution in [0.1, 0.15) is 10.4 Å². The van der Waals surface area contributed by atoms with Crippen LogP contribution in [0.4, 0.5) is 16.2 Å². The molecule has 0 aliphatic carbocycles. The van der Waals surface area contributed by atoms with Crippen LogP contribution in [0, 0.1) is 0 Å². The second-order valence-corrected chi connectivity index (χ2v) is 5.56. The van der Waals surface area contributed by atoms with E-state index >= 15 is 0 Å². The number of ether oxygens (including phenoxy) is 2. The van der Waals surface area contributed by atoms with Crippen LogP contribution in [0.15, 0.2) is 78.9 Å². The minimum absolute atomic E-state index is 0.326. The molecule has 2 amide bonds. The van der Waals surface area contributed by atoms with Gasteiger partial charge < -0.3 is 14.8 Å². The van der Waals surface area contributed by atoms with Crippen LogP contribution in [0.25, 0.3) is 0 Å². The van der Waals surface area contributed by atoms with Crippen molar-refractivity contribution in [3.63, 3.8) is 0 Å². The minimum Gasteiger partial charge on any atom is -0.455 e. The van der Waals surface area contributed by atoms with Crippen LogP contribution >= 0.6 is 0 Å². The van der Waals surface area contributed by atoms with Crippen molar-refractivity contribution in [1.82, 2.24) is 0 Å².